The summed E-state index contributed by atoms with van der Waals surface area (Å²) in [6.07, 6.45) is 3.65. The third kappa shape index (κ3) is 7.26. The summed E-state index contributed by atoms with van der Waals surface area (Å²) in [5.74, 6) is 1.24. The Labute approximate surface area is 228 Å². The van der Waals surface area contributed by atoms with Crippen LogP contribution in [-0.2, 0) is 16.1 Å². The molecule has 2 aromatic carbocycles. The number of nitrogens with zero attached hydrogens (tertiary/aromatic N) is 2. The molecule has 7 heteroatoms. The van der Waals surface area contributed by atoms with Gasteiger partial charge in [0.1, 0.15) is 5.75 Å². The highest BCUT2D eigenvalue weighted by molar-refractivity contribution is 5.85. The largest absolute Gasteiger partial charge is 0.494 e. The molecule has 2 aliphatic heterocycles. The van der Waals surface area contributed by atoms with Crippen molar-refractivity contribution in [1.29, 1.82) is 0 Å². The fourth-order valence-corrected chi connectivity index (χ4v) is 5.45. The summed E-state index contributed by atoms with van der Waals surface area (Å²) in [5.41, 5.74) is 2.10. The second-order valence-electron chi connectivity index (χ2n) is 10.6. The van der Waals surface area contributed by atoms with Crippen LogP contribution in [0.1, 0.15) is 63.6 Å². The fraction of sp³-hybridized carbons (Fsp3) is 0.533. The number of piperidine rings is 1. The second kappa shape index (κ2) is 13.3. The molecule has 2 saturated heterocycles. The van der Waals surface area contributed by atoms with Gasteiger partial charge in [-0.25, -0.2) is 0 Å². The first-order valence-corrected chi connectivity index (χ1v) is 13.5. The van der Waals surface area contributed by atoms with E-state index in [4.69, 9.17) is 4.74 Å². The Balaban J connectivity index is 0.00000380. The number of likely N-dealkylation sites (tertiary alicyclic amines) is 2. The lowest BCUT2D eigenvalue weighted by Gasteiger charge is -2.38. The van der Waals surface area contributed by atoms with E-state index < -0.39 is 0 Å². The van der Waals surface area contributed by atoms with Crippen LogP contribution < -0.4 is 10.1 Å². The number of nitrogens with one attached hydrogen (secondary N) is 1. The van der Waals surface area contributed by atoms with Gasteiger partial charge in [0, 0.05) is 25.6 Å². The lowest BCUT2D eigenvalue weighted by molar-refractivity contribution is -0.139. The van der Waals surface area contributed by atoms with E-state index in [1.54, 1.807) is 0 Å². The Hall–Kier alpha value is -2.57. The summed E-state index contributed by atoms with van der Waals surface area (Å²) >= 11 is 0. The van der Waals surface area contributed by atoms with Crippen molar-refractivity contribution in [3.8, 4) is 5.75 Å². The Morgan fingerprint density at radius 3 is 2.27 bits per heavy atom. The molecule has 1 N–H and O–H groups in total. The first kappa shape index (κ1) is 29.0. The monoisotopic (exact) mass is 527 g/mol. The van der Waals surface area contributed by atoms with Crippen molar-refractivity contribution in [3.63, 3.8) is 0 Å². The van der Waals surface area contributed by atoms with Crippen LogP contribution in [-0.4, -0.2) is 54.4 Å². The second-order valence-corrected chi connectivity index (χ2v) is 10.6. The normalized spacial score (nSPS) is 18.1. The third-order valence-electron chi connectivity index (χ3n) is 7.80. The van der Waals surface area contributed by atoms with E-state index >= 15 is 0 Å². The minimum Gasteiger partial charge on any atom is -0.494 e. The molecule has 2 heterocycles. The molecule has 2 aromatic rings. The highest BCUT2D eigenvalue weighted by Gasteiger charge is 2.47. The maximum absolute atomic E-state index is 13.4. The Morgan fingerprint density at radius 1 is 1.00 bits per heavy atom. The van der Waals surface area contributed by atoms with E-state index in [-0.39, 0.29) is 35.7 Å². The number of hydrogen-bond acceptors (Lipinski definition) is 4. The van der Waals surface area contributed by atoms with Gasteiger partial charge in [-0.2, -0.15) is 0 Å². The van der Waals surface area contributed by atoms with Gasteiger partial charge in [0.2, 0.25) is 11.8 Å². The van der Waals surface area contributed by atoms with Gasteiger partial charge in [-0.1, -0.05) is 56.3 Å². The number of ether oxygens (including phenoxy) is 1. The van der Waals surface area contributed by atoms with E-state index in [1.165, 1.54) is 0 Å². The summed E-state index contributed by atoms with van der Waals surface area (Å²) in [7, 11) is 0. The Kier molecular flexibility index (Phi) is 10.4. The molecule has 0 bridgehead atoms. The number of rotatable bonds is 10. The van der Waals surface area contributed by atoms with Crippen molar-refractivity contribution in [1.82, 2.24) is 15.1 Å². The van der Waals surface area contributed by atoms with Crippen LogP contribution in [0.25, 0.3) is 0 Å². The number of benzene rings is 2. The van der Waals surface area contributed by atoms with Crippen molar-refractivity contribution in [2.45, 2.75) is 59.0 Å². The lowest BCUT2D eigenvalue weighted by Crippen LogP contribution is -2.45. The van der Waals surface area contributed by atoms with Crippen molar-refractivity contribution in [3.05, 3.63) is 65.7 Å². The molecular weight excluding hydrogens is 486 g/mol. The van der Waals surface area contributed by atoms with Crippen LogP contribution in [0.3, 0.4) is 0 Å². The average molecular weight is 528 g/mol. The number of amides is 2. The number of hydrogen-bond donors (Lipinski definition) is 1. The SMILES string of the molecule is CCOc1ccc(CN2CCC3(CCN(CC[C@H](NC(=O)C(C)C)c4ccccc4)CC3)C2=O)cc1.Cl. The standard InChI is InChI=1S/C30H41N3O3.ClH/c1-4-36-26-12-10-24(11-13-26)22-33-21-17-30(29(33)35)15-19-32(20-16-30)18-14-27(31-28(34)23(2)3)25-8-6-5-7-9-25;/h5-13,23,27H,4,14-22H2,1-3H3,(H,31,34);1H/t27-;/m0./s1. The minimum absolute atomic E-state index is 0. The smallest absolute Gasteiger partial charge is 0.229 e. The summed E-state index contributed by atoms with van der Waals surface area (Å²) in [6.45, 7) is 10.8. The first-order valence-electron chi connectivity index (χ1n) is 13.5. The molecule has 0 radical (unpaired) electrons. The van der Waals surface area contributed by atoms with Gasteiger partial charge >= 0.3 is 0 Å². The molecule has 2 fully saturated rings. The lowest BCUT2D eigenvalue weighted by atomic mass is 9.77. The fourth-order valence-electron chi connectivity index (χ4n) is 5.45. The van der Waals surface area contributed by atoms with Crippen LogP contribution in [0.2, 0.25) is 0 Å². The zero-order valence-electron chi connectivity index (χ0n) is 22.4. The summed E-state index contributed by atoms with van der Waals surface area (Å²) < 4.78 is 5.54. The van der Waals surface area contributed by atoms with Gasteiger partial charge in [-0.05, 0) is 69.0 Å². The van der Waals surface area contributed by atoms with Gasteiger partial charge in [0.15, 0.2) is 0 Å². The number of carbonyl (C=O) groups excluding carboxylic acids is 2. The molecule has 202 valence electrons. The maximum atomic E-state index is 13.4. The predicted octanol–water partition coefficient (Wildman–Crippen LogP) is 5.23. The average Bonchev–Trinajstić information content (AvgIpc) is 3.19. The van der Waals surface area contributed by atoms with Crippen LogP contribution in [0.4, 0.5) is 0 Å². The number of halogens is 1. The quantitative estimate of drug-likeness (QED) is 0.460. The highest BCUT2D eigenvalue weighted by Crippen LogP contribution is 2.42. The van der Waals surface area contributed by atoms with Crippen molar-refractivity contribution in [2.75, 3.05) is 32.8 Å². The molecule has 37 heavy (non-hydrogen) atoms. The van der Waals surface area contributed by atoms with Crippen LogP contribution >= 0.6 is 12.4 Å². The number of carbonyl (C=O) groups is 2. The highest BCUT2D eigenvalue weighted by atomic mass is 35.5. The molecule has 0 aromatic heterocycles. The zero-order chi connectivity index (χ0) is 25.5. The Morgan fingerprint density at radius 2 is 1.65 bits per heavy atom. The minimum atomic E-state index is -0.202. The van der Waals surface area contributed by atoms with Gasteiger partial charge in [-0.15, -0.1) is 12.4 Å². The Bertz CT molecular complexity index is 1000. The topological polar surface area (TPSA) is 61.9 Å². The maximum Gasteiger partial charge on any atom is 0.229 e. The molecule has 0 aliphatic carbocycles. The van der Waals surface area contributed by atoms with E-state index in [2.05, 4.69) is 34.5 Å². The van der Waals surface area contributed by atoms with E-state index in [1.807, 2.05) is 56.0 Å². The van der Waals surface area contributed by atoms with E-state index in [0.29, 0.717) is 19.1 Å². The molecule has 1 atom stereocenters. The molecule has 4 rings (SSSR count). The molecule has 1 spiro atoms. The molecule has 0 saturated carbocycles. The summed E-state index contributed by atoms with van der Waals surface area (Å²) in [4.78, 5) is 30.4. The van der Waals surface area contributed by atoms with E-state index in [0.717, 1.165) is 68.7 Å². The van der Waals surface area contributed by atoms with Gasteiger partial charge in [0.05, 0.1) is 18.1 Å². The van der Waals surface area contributed by atoms with E-state index in [9.17, 15) is 9.59 Å². The van der Waals surface area contributed by atoms with Crippen LogP contribution in [0.5, 0.6) is 5.75 Å². The van der Waals surface area contributed by atoms with Crippen LogP contribution in [0.15, 0.2) is 54.6 Å². The summed E-state index contributed by atoms with van der Waals surface area (Å²) in [6, 6.07) is 18.3. The van der Waals surface area contributed by atoms with Crippen molar-refractivity contribution < 1.29 is 14.3 Å². The van der Waals surface area contributed by atoms with Crippen molar-refractivity contribution >= 4 is 24.2 Å². The molecular formula is C30H42ClN3O3. The molecule has 2 amide bonds. The third-order valence-corrected chi connectivity index (χ3v) is 7.80. The molecule has 2 aliphatic rings. The summed E-state index contributed by atoms with van der Waals surface area (Å²) in [5, 5.41) is 3.23. The van der Waals surface area contributed by atoms with Gasteiger partial charge in [-0.3, -0.25) is 9.59 Å². The molecule has 0 unspecified atom stereocenters. The van der Waals surface area contributed by atoms with Crippen molar-refractivity contribution in [2.24, 2.45) is 11.3 Å². The van der Waals surface area contributed by atoms with Gasteiger partial charge < -0.3 is 19.9 Å². The zero-order valence-corrected chi connectivity index (χ0v) is 23.3. The van der Waals surface area contributed by atoms with Gasteiger partial charge in [0.25, 0.3) is 0 Å². The molecule has 6 nitrogen and oxygen atoms in total. The predicted molar refractivity (Wildman–Crippen MR) is 150 cm³/mol. The first-order chi connectivity index (χ1) is 17.4. The van der Waals surface area contributed by atoms with Crippen LogP contribution in [0, 0.1) is 11.3 Å².